The Bertz CT molecular complexity index is 1250. The highest BCUT2D eigenvalue weighted by molar-refractivity contribution is 5.78. The Kier molecular flexibility index (Phi) is 6.39. The van der Waals surface area contributed by atoms with Gasteiger partial charge in [-0.05, 0) is 62.4 Å². The predicted octanol–water partition coefficient (Wildman–Crippen LogP) is 3.72. The number of nitrogens with zero attached hydrogens (tertiary/aromatic N) is 4. The molecule has 0 bridgehead atoms. The highest BCUT2D eigenvalue weighted by atomic mass is 19.4. The Balaban J connectivity index is 1.57. The van der Waals surface area contributed by atoms with E-state index < -0.39 is 17.3 Å². The number of nitrogens with one attached hydrogen (secondary N) is 1. The van der Waals surface area contributed by atoms with Crippen molar-refractivity contribution < 1.29 is 23.1 Å². The van der Waals surface area contributed by atoms with Crippen molar-refractivity contribution in [1.29, 1.82) is 0 Å². The van der Waals surface area contributed by atoms with Crippen molar-refractivity contribution in [2.45, 2.75) is 50.9 Å². The molecule has 2 aromatic heterocycles. The second-order valence-electron chi connectivity index (χ2n) is 9.42. The minimum atomic E-state index is -4.50. The SMILES string of the molecule is Cc1nc(NCc2cc(N)cc(C(F)(F)F)c2)c2cc(C3(O)CCC(C(=O)N(C)C)CC3)cn2n1. The van der Waals surface area contributed by atoms with Crippen molar-refractivity contribution in [3.8, 4) is 0 Å². The molecule has 1 saturated carbocycles. The van der Waals surface area contributed by atoms with Crippen LogP contribution in [0.1, 0.15) is 48.2 Å². The quantitative estimate of drug-likeness (QED) is 0.471. The number of fused-ring (bicyclic) bond motifs is 1. The van der Waals surface area contributed by atoms with Crippen LogP contribution < -0.4 is 11.1 Å². The van der Waals surface area contributed by atoms with E-state index in [0.29, 0.717) is 54.0 Å². The number of hydrogen-bond acceptors (Lipinski definition) is 6. The Morgan fingerprint density at radius 3 is 2.57 bits per heavy atom. The molecule has 1 aliphatic rings. The summed E-state index contributed by atoms with van der Waals surface area (Å²) in [5, 5.41) is 18.8. The summed E-state index contributed by atoms with van der Waals surface area (Å²) in [6, 6.07) is 5.22. The molecule has 0 saturated heterocycles. The molecule has 4 N–H and O–H groups in total. The molecular weight excluding hydrogens is 461 g/mol. The Morgan fingerprint density at radius 2 is 1.94 bits per heavy atom. The summed E-state index contributed by atoms with van der Waals surface area (Å²) >= 11 is 0. The number of halogens is 3. The van der Waals surface area contributed by atoms with Crippen LogP contribution >= 0.6 is 0 Å². The summed E-state index contributed by atoms with van der Waals surface area (Å²) in [6.07, 6.45) is -0.727. The number of carbonyl (C=O) groups excluding carboxylic acids is 1. The van der Waals surface area contributed by atoms with Gasteiger partial charge in [0.25, 0.3) is 0 Å². The van der Waals surface area contributed by atoms with E-state index in [2.05, 4.69) is 15.4 Å². The van der Waals surface area contributed by atoms with Crippen molar-refractivity contribution in [1.82, 2.24) is 19.5 Å². The molecule has 0 aliphatic heterocycles. The van der Waals surface area contributed by atoms with Crippen LogP contribution in [0.25, 0.3) is 5.52 Å². The van der Waals surface area contributed by atoms with Gasteiger partial charge in [-0.3, -0.25) is 4.79 Å². The summed E-state index contributed by atoms with van der Waals surface area (Å²) in [6.45, 7) is 1.78. The third-order valence-electron chi connectivity index (χ3n) is 6.51. The average Bonchev–Trinajstić information content (AvgIpc) is 3.21. The maximum Gasteiger partial charge on any atom is 0.416 e. The van der Waals surface area contributed by atoms with E-state index in [9.17, 15) is 23.1 Å². The highest BCUT2D eigenvalue weighted by Crippen LogP contribution is 2.41. The van der Waals surface area contributed by atoms with Crippen molar-refractivity contribution in [3.05, 3.63) is 53.0 Å². The lowest BCUT2D eigenvalue weighted by Gasteiger charge is -2.35. The summed E-state index contributed by atoms with van der Waals surface area (Å²) in [4.78, 5) is 18.3. The first-order valence-corrected chi connectivity index (χ1v) is 11.4. The number of aliphatic hydroxyl groups is 1. The lowest BCUT2D eigenvalue weighted by atomic mass is 9.75. The number of benzene rings is 1. The normalized spacial score (nSPS) is 20.7. The van der Waals surface area contributed by atoms with E-state index in [1.165, 1.54) is 6.07 Å². The molecule has 3 aromatic rings. The van der Waals surface area contributed by atoms with E-state index in [1.807, 2.05) is 0 Å². The molecule has 1 aliphatic carbocycles. The van der Waals surface area contributed by atoms with Crippen LogP contribution in [-0.2, 0) is 23.1 Å². The number of carbonyl (C=O) groups is 1. The second-order valence-corrected chi connectivity index (χ2v) is 9.42. The van der Waals surface area contributed by atoms with Crippen LogP contribution in [0, 0.1) is 12.8 Å². The molecular formula is C24H29F3N6O2. The first-order valence-electron chi connectivity index (χ1n) is 11.4. The van der Waals surface area contributed by atoms with Crippen molar-refractivity contribution in [3.63, 3.8) is 0 Å². The third-order valence-corrected chi connectivity index (χ3v) is 6.51. The van der Waals surface area contributed by atoms with Gasteiger partial charge >= 0.3 is 6.18 Å². The molecule has 8 nitrogen and oxygen atoms in total. The lowest BCUT2D eigenvalue weighted by Crippen LogP contribution is -2.37. The second kappa shape index (κ2) is 9.03. The van der Waals surface area contributed by atoms with Crippen molar-refractivity contribution in [2.24, 2.45) is 5.92 Å². The van der Waals surface area contributed by atoms with Gasteiger partial charge in [0.2, 0.25) is 5.91 Å². The lowest BCUT2D eigenvalue weighted by molar-refractivity contribution is -0.138. The van der Waals surface area contributed by atoms with Crippen molar-refractivity contribution in [2.75, 3.05) is 25.1 Å². The molecule has 1 fully saturated rings. The number of nitrogen functional groups attached to an aromatic ring is 1. The fourth-order valence-electron chi connectivity index (χ4n) is 4.66. The summed E-state index contributed by atoms with van der Waals surface area (Å²) in [7, 11) is 3.46. The van der Waals surface area contributed by atoms with Crippen molar-refractivity contribution >= 4 is 22.9 Å². The molecule has 1 amide bonds. The van der Waals surface area contributed by atoms with Gasteiger partial charge in [-0.25, -0.2) is 9.50 Å². The van der Waals surface area contributed by atoms with Gasteiger partial charge in [0.15, 0.2) is 5.82 Å². The number of hydrogen-bond donors (Lipinski definition) is 3. The van der Waals surface area contributed by atoms with Crippen LogP contribution in [0.15, 0.2) is 30.5 Å². The molecule has 35 heavy (non-hydrogen) atoms. The summed E-state index contributed by atoms with van der Waals surface area (Å²) in [5.74, 6) is 0.844. The monoisotopic (exact) mass is 490 g/mol. The number of alkyl halides is 3. The summed E-state index contributed by atoms with van der Waals surface area (Å²) < 4.78 is 41.1. The van der Waals surface area contributed by atoms with E-state index in [-0.39, 0.29) is 24.1 Å². The Morgan fingerprint density at radius 1 is 1.26 bits per heavy atom. The van der Waals surface area contributed by atoms with Crippen LogP contribution in [0.4, 0.5) is 24.7 Å². The maximum absolute atomic E-state index is 13.2. The molecule has 188 valence electrons. The topological polar surface area (TPSA) is 109 Å². The van der Waals surface area contributed by atoms with E-state index in [0.717, 1.165) is 12.1 Å². The van der Waals surface area contributed by atoms with E-state index in [1.54, 1.807) is 42.7 Å². The molecule has 11 heteroatoms. The minimum absolute atomic E-state index is 0.0242. The van der Waals surface area contributed by atoms with E-state index in [4.69, 9.17) is 5.73 Å². The molecule has 2 heterocycles. The van der Waals surface area contributed by atoms with Crippen LogP contribution in [0.3, 0.4) is 0 Å². The molecule has 0 unspecified atom stereocenters. The van der Waals surface area contributed by atoms with Gasteiger partial charge in [-0.1, -0.05) is 0 Å². The van der Waals surface area contributed by atoms with Gasteiger partial charge in [0.05, 0.1) is 11.2 Å². The van der Waals surface area contributed by atoms with Gasteiger partial charge in [0.1, 0.15) is 11.3 Å². The fourth-order valence-corrected chi connectivity index (χ4v) is 4.66. The number of anilines is 2. The third kappa shape index (κ3) is 5.19. The maximum atomic E-state index is 13.2. The number of amides is 1. The number of aromatic nitrogens is 3. The van der Waals surface area contributed by atoms with Gasteiger partial charge in [-0.2, -0.15) is 18.3 Å². The molecule has 0 atom stereocenters. The van der Waals surface area contributed by atoms with Crippen LogP contribution in [-0.4, -0.2) is 44.6 Å². The summed E-state index contributed by atoms with van der Waals surface area (Å²) in [5.41, 5.74) is 5.41. The van der Waals surface area contributed by atoms with Gasteiger partial charge in [0, 0.05) is 44.0 Å². The fraction of sp³-hybridized carbons (Fsp3) is 0.458. The van der Waals surface area contributed by atoms with Crippen LogP contribution in [0.2, 0.25) is 0 Å². The van der Waals surface area contributed by atoms with Gasteiger partial charge < -0.3 is 21.1 Å². The standard InChI is InChI=1S/C24H29F3N6O2/c1-14-30-21(29-12-15-8-17(24(25,26)27)10-19(28)9-15)20-11-18(13-33(20)31-14)23(35)6-4-16(5-7-23)22(34)32(2)3/h8-11,13,16,35H,4-7,12,28H2,1-3H3,(H,29,30,31). The number of rotatable bonds is 5. The zero-order chi connectivity index (χ0) is 25.5. The molecule has 0 radical (unpaired) electrons. The van der Waals surface area contributed by atoms with Crippen LogP contribution in [0.5, 0.6) is 0 Å². The predicted molar refractivity (Wildman–Crippen MR) is 125 cm³/mol. The Labute approximate surface area is 200 Å². The first-order chi connectivity index (χ1) is 16.4. The average molecular weight is 491 g/mol. The van der Waals surface area contributed by atoms with E-state index >= 15 is 0 Å². The zero-order valence-electron chi connectivity index (χ0n) is 19.9. The smallest absolute Gasteiger partial charge is 0.399 e. The molecule has 4 rings (SSSR count). The minimum Gasteiger partial charge on any atom is -0.399 e. The largest absolute Gasteiger partial charge is 0.416 e. The first kappa shape index (κ1) is 24.8. The van der Waals surface area contributed by atoms with Gasteiger partial charge in [-0.15, -0.1) is 0 Å². The highest BCUT2D eigenvalue weighted by Gasteiger charge is 2.38. The molecule has 1 aromatic carbocycles. The zero-order valence-corrected chi connectivity index (χ0v) is 19.9. The number of nitrogens with two attached hydrogens (primary N) is 1. The Hall–Kier alpha value is -3.34. The molecule has 0 spiro atoms. The number of aryl methyl sites for hydroxylation is 1.